The number of benzene rings is 6. The number of halogens is 2. The van der Waals surface area contributed by atoms with Crippen LogP contribution in [0.25, 0.3) is 113 Å². The van der Waals surface area contributed by atoms with Crippen molar-refractivity contribution < 1.29 is 9.31 Å². The van der Waals surface area contributed by atoms with Gasteiger partial charge in [-0.05, 0) is 160 Å². The minimum absolute atomic E-state index is 0.137. The number of aryl methyl sites for hydroxylation is 2. The van der Waals surface area contributed by atoms with Crippen LogP contribution in [-0.4, -0.2) is 128 Å². The molecule has 0 unspecified atom stereocenters. The van der Waals surface area contributed by atoms with Crippen LogP contribution < -0.4 is 16.9 Å². The molecule has 0 atom stereocenters. The molecule has 0 spiro atoms. The Balaban J connectivity index is 0.000000128. The van der Waals surface area contributed by atoms with Crippen molar-refractivity contribution in [2.24, 2.45) is 14.1 Å². The van der Waals surface area contributed by atoms with Crippen LogP contribution in [0, 0.1) is 0 Å². The molecule has 1 aliphatic heterocycles. The number of anilines is 2. The number of nitrogens with two attached hydrogens (primary N) is 2. The van der Waals surface area contributed by atoms with E-state index in [2.05, 4.69) is 216 Å². The Hall–Kier alpha value is -10.4. The lowest BCUT2D eigenvalue weighted by Crippen LogP contribution is -2.41. The average molecular weight is 1460 g/mol. The number of rotatable bonds is 8. The predicted molar refractivity (Wildman–Crippen MR) is 392 cm³/mol. The Labute approximate surface area is 588 Å². The monoisotopic (exact) mass is 1450 g/mol. The summed E-state index contributed by atoms with van der Waals surface area (Å²) in [6.45, 7) is 27.6. The number of imidazole rings is 3. The molecular formula is C70H75BBr2N24O2. The number of hydrogen-bond acceptors (Lipinski definition) is 20. The standard InChI is InChI=1S/C23H23N9.C19H19BrN6.C18H17BrN6.C10H16BN3O2/c1-23(2,3)32-19-10-9-14(15-12-25-22(24)26-13-15)11-18(19)27-21(32)17-8-6-5-7-16(17)20-28-30-31(4)29-20;1-19(2,3)26-16-10-9-12(20)11-15(16)21-18(26)14-8-6-5-7-13(14)17-22-24-25(4)23-17;1-18(2,3)25-15-9-8-11(19)10-14(15)20-17(25)13-7-5-4-6-12(13)16-21-23-24-22-16;1-9(2)10(3,4)16-11(15-9)7-5-13-8(12)14-6-7/h5-13H,1-4H3,(H2,24,25,26);5-11H,1-4H3;4-10H,1-3H3,(H,21,22,23,24);5-6H,1-4H3,(H2,12,13,14). The molecule has 1 saturated heterocycles. The van der Waals surface area contributed by atoms with Gasteiger partial charge in [0.25, 0.3) is 0 Å². The molecule has 0 radical (unpaired) electrons. The zero-order valence-corrected chi connectivity index (χ0v) is 60.8. The summed E-state index contributed by atoms with van der Waals surface area (Å²) in [6, 6.07) is 42.6. The number of tetrazole rings is 3. The minimum Gasteiger partial charge on any atom is -0.399 e. The fraction of sp³-hybridized carbons (Fsp3) is 0.286. The Morgan fingerprint density at radius 3 is 1.17 bits per heavy atom. The highest BCUT2D eigenvalue weighted by Crippen LogP contribution is 2.41. The first-order valence-electron chi connectivity index (χ1n) is 31.8. The number of nitrogens with one attached hydrogen (secondary N) is 1. The number of aromatic amines is 1. The summed E-state index contributed by atoms with van der Waals surface area (Å²) in [6.07, 6.45) is 6.70. The third-order valence-electron chi connectivity index (χ3n) is 16.7. The first kappa shape index (κ1) is 68.6. The Kier molecular flexibility index (Phi) is 18.6. The van der Waals surface area contributed by atoms with Crippen molar-refractivity contribution in [2.75, 3.05) is 11.5 Å². The van der Waals surface area contributed by atoms with E-state index >= 15 is 0 Å². The van der Waals surface area contributed by atoms with Gasteiger partial charge >= 0.3 is 7.12 Å². The molecule has 0 bridgehead atoms. The summed E-state index contributed by atoms with van der Waals surface area (Å²) in [7, 11) is 3.10. The van der Waals surface area contributed by atoms with E-state index < -0.39 is 7.12 Å². The fourth-order valence-corrected chi connectivity index (χ4v) is 12.3. The number of fused-ring (bicyclic) bond motifs is 3. The molecule has 26 nitrogen and oxygen atoms in total. The van der Waals surface area contributed by atoms with Gasteiger partial charge in [0.05, 0.1) is 58.4 Å². The summed E-state index contributed by atoms with van der Waals surface area (Å²) in [5.74, 6) is 4.86. The molecule has 9 heterocycles. The van der Waals surface area contributed by atoms with Gasteiger partial charge in [-0.2, -0.15) is 14.8 Å². The van der Waals surface area contributed by atoms with Gasteiger partial charge in [0, 0.05) is 94.8 Å². The first-order chi connectivity index (χ1) is 46.9. The molecule has 99 heavy (non-hydrogen) atoms. The van der Waals surface area contributed by atoms with E-state index in [0.29, 0.717) is 17.5 Å². The first-order valence-corrected chi connectivity index (χ1v) is 33.4. The molecule has 14 aromatic rings. The van der Waals surface area contributed by atoms with Crippen molar-refractivity contribution in [1.29, 1.82) is 0 Å². The number of H-pyrrole nitrogens is 1. The summed E-state index contributed by atoms with van der Waals surface area (Å²) in [4.78, 5) is 33.9. The van der Waals surface area contributed by atoms with E-state index in [9.17, 15) is 0 Å². The Morgan fingerprint density at radius 1 is 0.444 bits per heavy atom. The zero-order valence-electron chi connectivity index (χ0n) is 57.6. The SMILES string of the molecule is CC(C)(C)n1c(-c2ccccc2-c2nn[nH]n2)nc2cc(Br)ccc21.CC1(C)OB(c2cnc(N)nc2)OC1(C)C.Cn1nnc(-c2ccccc2-c2nc3cc(-c4cnc(N)nc4)ccc3n2C(C)(C)C)n1.Cn1nnc(-c2ccccc2-c2nc3cc(Br)ccc3n2C(C)(C)C)n1. The Bertz CT molecular complexity index is 5200. The van der Waals surface area contributed by atoms with Crippen molar-refractivity contribution in [3.63, 3.8) is 0 Å². The van der Waals surface area contributed by atoms with E-state index in [4.69, 9.17) is 35.7 Å². The lowest BCUT2D eigenvalue weighted by Gasteiger charge is -2.32. The van der Waals surface area contributed by atoms with E-state index in [1.165, 1.54) is 9.59 Å². The molecule has 0 saturated carbocycles. The van der Waals surface area contributed by atoms with Gasteiger partial charge in [0.15, 0.2) is 0 Å². The topological polar surface area (TPSA) is 317 Å². The number of hydrogen-bond donors (Lipinski definition) is 3. The van der Waals surface area contributed by atoms with Gasteiger partial charge in [-0.15, -0.1) is 30.6 Å². The summed E-state index contributed by atoms with van der Waals surface area (Å²) < 4.78 is 20.5. The van der Waals surface area contributed by atoms with Crippen molar-refractivity contribution >= 4 is 89.4 Å². The second kappa shape index (κ2) is 26.8. The largest absolute Gasteiger partial charge is 0.498 e. The molecule has 504 valence electrons. The molecule has 6 aromatic carbocycles. The molecule has 0 amide bonds. The summed E-state index contributed by atoms with van der Waals surface area (Å²) >= 11 is 7.08. The smallest absolute Gasteiger partial charge is 0.399 e. The third kappa shape index (κ3) is 14.4. The molecule has 15 rings (SSSR count). The quantitative estimate of drug-likeness (QED) is 0.119. The van der Waals surface area contributed by atoms with Crippen molar-refractivity contribution in [3.8, 4) is 79.5 Å². The minimum atomic E-state index is -0.425. The van der Waals surface area contributed by atoms with E-state index in [1.807, 2.05) is 119 Å². The lowest BCUT2D eigenvalue weighted by molar-refractivity contribution is 0.00578. The maximum atomic E-state index is 5.85. The number of nitrogens with zero attached hydrogens (tertiary/aromatic N) is 21. The van der Waals surface area contributed by atoms with Crippen LogP contribution in [0.5, 0.6) is 0 Å². The van der Waals surface area contributed by atoms with Crippen molar-refractivity contribution in [3.05, 3.63) is 161 Å². The highest BCUT2D eigenvalue weighted by molar-refractivity contribution is 9.10. The molecular weight excluding hydrogens is 1380 g/mol. The van der Waals surface area contributed by atoms with E-state index in [1.54, 1.807) is 38.9 Å². The van der Waals surface area contributed by atoms with Gasteiger partial charge < -0.3 is 34.5 Å². The predicted octanol–water partition coefficient (Wildman–Crippen LogP) is 12.9. The number of aromatic nitrogens is 22. The average Bonchev–Trinajstić information content (AvgIpc) is 1.63. The van der Waals surface area contributed by atoms with Gasteiger partial charge in [0.2, 0.25) is 29.4 Å². The summed E-state index contributed by atoms with van der Waals surface area (Å²) in [5.41, 5.74) is 24.2. The van der Waals surface area contributed by atoms with Gasteiger partial charge in [0.1, 0.15) is 17.5 Å². The second-order valence-corrected chi connectivity index (χ2v) is 29.5. The maximum absolute atomic E-state index is 5.85. The molecule has 29 heteroatoms. The number of nitrogen functional groups attached to an aromatic ring is 2. The highest BCUT2D eigenvalue weighted by atomic mass is 79.9. The van der Waals surface area contributed by atoms with Gasteiger partial charge in [-0.25, -0.2) is 34.9 Å². The van der Waals surface area contributed by atoms with Crippen LogP contribution in [0.4, 0.5) is 11.9 Å². The molecule has 1 fully saturated rings. The van der Waals surface area contributed by atoms with Gasteiger partial charge in [-0.1, -0.05) is 111 Å². The van der Waals surface area contributed by atoms with Crippen LogP contribution in [0.2, 0.25) is 0 Å². The van der Waals surface area contributed by atoms with Crippen molar-refractivity contribution in [2.45, 2.75) is 118 Å². The second-order valence-electron chi connectivity index (χ2n) is 27.7. The van der Waals surface area contributed by atoms with Crippen LogP contribution >= 0.6 is 31.9 Å². The summed E-state index contributed by atoms with van der Waals surface area (Å²) in [5, 5.41) is 39.7. The van der Waals surface area contributed by atoms with Crippen LogP contribution in [0.15, 0.2) is 161 Å². The molecule has 1 aliphatic rings. The third-order valence-corrected chi connectivity index (χ3v) is 17.7. The molecule has 0 aliphatic carbocycles. The molecule has 8 aromatic heterocycles. The fourth-order valence-electron chi connectivity index (χ4n) is 11.6. The maximum Gasteiger partial charge on any atom is 0.498 e. The molecule has 5 N–H and O–H groups in total. The van der Waals surface area contributed by atoms with Crippen LogP contribution in [0.1, 0.15) is 90.0 Å². The van der Waals surface area contributed by atoms with Crippen molar-refractivity contribution in [1.82, 2.24) is 110 Å². The Morgan fingerprint density at radius 2 is 0.808 bits per heavy atom. The van der Waals surface area contributed by atoms with Crippen LogP contribution in [0.3, 0.4) is 0 Å². The highest BCUT2D eigenvalue weighted by Gasteiger charge is 2.52. The van der Waals surface area contributed by atoms with Gasteiger partial charge in [-0.3, -0.25) is 0 Å². The zero-order chi connectivity index (χ0) is 70.5. The normalized spacial score (nSPS) is 13.6. The van der Waals surface area contributed by atoms with E-state index in [-0.39, 0.29) is 39.7 Å². The van der Waals surface area contributed by atoms with Crippen LogP contribution in [-0.2, 0) is 40.0 Å². The van der Waals surface area contributed by atoms with E-state index in [0.717, 1.165) is 109 Å². The lowest BCUT2D eigenvalue weighted by atomic mass is 9.81.